The first-order valence-corrected chi connectivity index (χ1v) is 10.6. The van der Waals surface area contributed by atoms with Crippen LogP contribution in [0, 0.1) is 0 Å². The summed E-state index contributed by atoms with van der Waals surface area (Å²) in [4.78, 5) is 13.4. The van der Waals surface area contributed by atoms with Crippen molar-refractivity contribution in [3.63, 3.8) is 0 Å². The molecule has 0 radical (unpaired) electrons. The van der Waals surface area contributed by atoms with Crippen LogP contribution >= 0.6 is 23.1 Å². The Morgan fingerprint density at radius 1 is 1.36 bits per heavy atom. The molecule has 5 nitrogen and oxygen atoms in total. The highest BCUT2D eigenvalue weighted by atomic mass is 32.2. The first-order valence-electron chi connectivity index (χ1n) is 8.78. The van der Waals surface area contributed by atoms with Crippen LogP contribution in [-0.2, 0) is 11.3 Å². The molecular formula is C18H24N4OS2. The summed E-state index contributed by atoms with van der Waals surface area (Å²) in [5.41, 5.74) is 0. The van der Waals surface area contributed by atoms with Gasteiger partial charge in [0, 0.05) is 12.6 Å². The smallest absolute Gasteiger partial charge is 0.230 e. The van der Waals surface area contributed by atoms with Gasteiger partial charge in [-0.15, -0.1) is 28.1 Å². The number of rotatable bonds is 7. The molecule has 1 aliphatic rings. The van der Waals surface area contributed by atoms with Crippen LogP contribution in [0.1, 0.15) is 38.5 Å². The fraction of sp³-hybridized carbons (Fsp3) is 0.500. The van der Waals surface area contributed by atoms with Gasteiger partial charge in [-0.05, 0) is 24.3 Å². The average Bonchev–Trinajstić information content (AvgIpc) is 3.19. The second kappa shape index (κ2) is 9.20. The summed E-state index contributed by atoms with van der Waals surface area (Å²) in [6.07, 6.45) is 9.05. The third kappa shape index (κ3) is 4.95. The summed E-state index contributed by atoms with van der Waals surface area (Å²) in [6.45, 7) is 4.45. The minimum Gasteiger partial charge on any atom is -0.353 e. The molecule has 0 unspecified atom stereocenters. The predicted octanol–water partition coefficient (Wildman–Crippen LogP) is 4.12. The van der Waals surface area contributed by atoms with Crippen LogP contribution in [0.3, 0.4) is 0 Å². The van der Waals surface area contributed by atoms with Gasteiger partial charge in [-0.2, -0.15) is 0 Å². The number of allylic oxidation sites excluding steroid dienone is 1. The lowest BCUT2D eigenvalue weighted by Crippen LogP contribution is -2.35. The molecule has 0 aliphatic heterocycles. The van der Waals surface area contributed by atoms with Gasteiger partial charge in [-0.25, -0.2) is 0 Å². The van der Waals surface area contributed by atoms with Crippen LogP contribution in [-0.4, -0.2) is 32.5 Å². The molecule has 1 amide bonds. The maximum absolute atomic E-state index is 12.3. The van der Waals surface area contributed by atoms with E-state index in [1.165, 1.54) is 37.4 Å². The second-order valence-corrected chi connectivity index (χ2v) is 8.12. The fourth-order valence-electron chi connectivity index (χ4n) is 3.10. The van der Waals surface area contributed by atoms with Crippen molar-refractivity contribution >= 4 is 29.0 Å². The van der Waals surface area contributed by atoms with E-state index in [4.69, 9.17) is 0 Å². The summed E-state index contributed by atoms with van der Waals surface area (Å²) < 4.78 is 2.02. The molecule has 2 aromatic heterocycles. The number of amides is 1. The molecule has 2 heterocycles. The van der Waals surface area contributed by atoms with Crippen LogP contribution in [0.4, 0.5) is 0 Å². The van der Waals surface area contributed by atoms with E-state index in [0.717, 1.165) is 28.7 Å². The zero-order chi connectivity index (χ0) is 17.5. The van der Waals surface area contributed by atoms with Gasteiger partial charge in [0.1, 0.15) is 0 Å². The van der Waals surface area contributed by atoms with Gasteiger partial charge >= 0.3 is 0 Å². The van der Waals surface area contributed by atoms with Gasteiger partial charge in [-0.1, -0.05) is 49.6 Å². The third-order valence-electron chi connectivity index (χ3n) is 4.32. The Hall–Kier alpha value is -1.60. The SMILES string of the molecule is C=CCn1c(SCC(=O)NC2CCCCCC2)nnc1-c1cccs1. The number of carbonyl (C=O) groups is 1. The standard InChI is InChI=1S/C18H24N4OS2/c1-2-11-22-17(15-10-7-12-24-15)20-21-18(22)25-13-16(23)19-14-8-5-3-4-6-9-14/h2,7,10,12,14H,1,3-6,8-9,11,13H2,(H,19,23). The van der Waals surface area contributed by atoms with Crippen molar-refractivity contribution in [3.05, 3.63) is 30.2 Å². The summed E-state index contributed by atoms with van der Waals surface area (Å²) in [6, 6.07) is 4.37. The zero-order valence-electron chi connectivity index (χ0n) is 14.3. The number of carbonyl (C=O) groups excluding carboxylic acids is 1. The van der Waals surface area contributed by atoms with E-state index in [1.807, 2.05) is 28.2 Å². The first-order chi connectivity index (χ1) is 12.3. The van der Waals surface area contributed by atoms with Gasteiger partial charge < -0.3 is 5.32 Å². The summed E-state index contributed by atoms with van der Waals surface area (Å²) in [5, 5.41) is 14.6. The highest BCUT2D eigenvalue weighted by Gasteiger charge is 2.18. The number of hydrogen-bond donors (Lipinski definition) is 1. The van der Waals surface area contributed by atoms with Crippen LogP contribution in [0.15, 0.2) is 35.3 Å². The molecule has 134 valence electrons. The normalized spacial score (nSPS) is 15.7. The molecule has 0 saturated heterocycles. The van der Waals surface area contributed by atoms with Crippen LogP contribution in [0.25, 0.3) is 10.7 Å². The van der Waals surface area contributed by atoms with Crippen LogP contribution in [0.5, 0.6) is 0 Å². The number of nitrogens with zero attached hydrogens (tertiary/aromatic N) is 3. The van der Waals surface area contributed by atoms with Gasteiger partial charge in [0.05, 0.1) is 10.6 Å². The minimum atomic E-state index is 0.0859. The third-order valence-corrected chi connectivity index (χ3v) is 6.16. The average molecular weight is 377 g/mol. The van der Waals surface area contributed by atoms with Gasteiger partial charge in [0.15, 0.2) is 11.0 Å². The quantitative estimate of drug-likeness (QED) is 0.448. The monoisotopic (exact) mass is 376 g/mol. The Morgan fingerprint density at radius 3 is 2.84 bits per heavy atom. The van der Waals surface area contributed by atoms with Crippen molar-refractivity contribution in [2.24, 2.45) is 0 Å². The van der Waals surface area contributed by atoms with E-state index in [9.17, 15) is 4.79 Å². The Balaban J connectivity index is 1.60. The topological polar surface area (TPSA) is 59.8 Å². The van der Waals surface area contributed by atoms with Crippen molar-refractivity contribution in [3.8, 4) is 10.7 Å². The lowest BCUT2D eigenvalue weighted by atomic mass is 10.1. The lowest BCUT2D eigenvalue weighted by Gasteiger charge is -2.16. The molecule has 0 bridgehead atoms. The van der Waals surface area contributed by atoms with E-state index in [1.54, 1.807) is 11.3 Å². The van der Waals surface area contributed by atoms with Gasteiger partial charge in [0.2, 0.25) is 5.91 Å². The Morgan fingerprint density at radius 2 is 2.16 bits per heavy atom. The predicted molar refractivity (Wildman–Crippen MR) is 104 cm³/mol. The van der Waals surface area contributed by atoms with Gasteiger partial charge in [0.25, 0.3) is 0 Å². The molecule has 0 spiro atoms. The summed E-state index contributed by atoms with van der Waals surface area (Å²) in [5.74, 6) is 1.29. The number of thioether (sulfide) groups is 1. The molecule has 0 aromatic carbocycles. The van der Waals surface area contributed by atoms with Crippen LogP contribution in [0.2, 0.25) is 0 Å². The summed E-state index contributed by atoms with van der Waals surface area (Å²) in [7, 11) is 0. The number of hydrogen-bond acceptors (Lipinski definition) is 5. The number of thiophene rings is 1. The first kappa shape index (κ1) is 18.2. The largest absolute Gasteiger partial charge is 0.353 e. The van der Waals surface area contributed by atoms with Crippen molar-refractivity contribution in [2.45, 2.75) is 56.3 Å². The van der Waals surface area contributed by atoms with Gasteiger partial charge in [-0.3, -0.25) is 9.36 Å². The molecule has 0 atom stereocenters. The maximum atomic E-state index is 12.3. The summed E-state index contributed by atoms with van der Waals surface area (Å²) >= 11 is 3.07. The molecule has 1 N–H and O–H groups in total. The highest BCUT2D eigenvalue weighted by molar-refractivity contribution is 7.99. The van der Waals surface area contributed by atoms with E-state index < -0.39 is 0 Å². The van der Waals surface area contributed by atoms with E-state index in [-0.39, 0.29) is 5.91 Å². The molecule has 2 aromatic rings. The zero-order valence-corrected chi connectivity index (χ0v) is 16.0. The molecule has 1 fully saturated rings. The fourth-order valence-corrected chi connectivity index (χ4v) is 4.58. The highest BCUT2D eigenvalue weighted by Crippen LogP contribution is 2.27. The molecular weight excluding hydrogens is 352 g/mol. The van der Waals surface area contributed by atoms with Crippen molar-refractivity contribution < 1.29 is 4.79 Å². The van der Waals surface area contributed by atoms with Crippen molar-refractivity contribution in [1.82, 2.24) is 20.1 Å². The molecule has 7 heteroatoms. The van der Waals surface area contributed by atoms with Crippen LogP contribution < -0.4 is 5.32 Å². The minimum absolute atomic E-state index is 0.0859. The molecule has 1 aliphatic carbocycles. The maximum Gasteiger partial charge on any atom is 0.230 e. The molecule has 25 heavy (non-hydrogen) atoms. The number of aromatic nitrogens is 3. The second-order valence-electron chi connectivity index (χ2n) is 6.23. The molecule has 3 rings (SSSR count). The molecule has 1 saturated carbocycles. The van der Waals surface area contributed by atoms with E-state index in [2.05, 4.69) is 22.1 Å². The Bertz CT molecular complexity index is 688. The number of nitrogens with one attached hydrogen (secondary N) is 1. The Labute approximate surface area is 156 Å². The van der Waals surface area contributed by atoms with E-state index >= 15 is 0 Å². The Kier molecular flexibility index (Phi) is 6.69. The van der Waals surface area contributed by atoms with E-state index in [0.29, 0.717) is 18.3 Å². The lowest BCUT2D eigenvalue weighted by molar-refractivity contribution is -0.119. The van der Waals surface area contributed by atoms with Crippen molar-refractivity contribution in [2.75, 3.05) is 5.75 Å². The van der Waals surface area contributed by atoms with Crippen molar-refractivity contribution in [1.29, 1.82) is 0 Å².